The van der Waals surface area contributed by atoms with E-state index in [4.69, 9.17) is 0 Å². The number of likely N-dealkylation sites (tertiary alicyclic amines) is 1. The van der Waals surface area contributed by atoms with E-state index in [1.54, 1.807) is 30.3 Å². The molecule has 2 aromatic rings. The van der Waals surface area contributed by atoms with E-state index in [1.807, 2.05) is 24.0 Å². The summed E-state index contributed by atoms with van der Waals surface area (Å²) >= 11 is 0. The summed E-state index contributed by atoms with van der Waals surface area (Å²) in [5.74, 6) is -1.49. The van der Waals surface area contributed by atoms with Gasteiger partial charge in [-0.25, -0.2) is 0 Å². The molecule has 0 aliphatic carbocycles. The van der Waals surface area contributed by atoms with Crippen LogP contribution in [0.25, 0.3) is 0 Å². The second-order valence-corrected chi connectivity index (χ2v) is 7.19. The molecule has 0 unspecified atom stereocenters. The predicted molar refractivity (Wildman–Crippen MR) is 110 cm³/mol. The summed E-state index contributed by atoms with van der Waals surface area (Å²) in [4.78, 5) is 42.9. The van der Waals surface area contributed by atoms with Crippen LogP contribution < -0.4 is 10.6 Å². The lowest BCUT2D eigenvalue weighted by atomic mass is 10.1. The summed E-state index contributed by atoms with van der Waals surface area (Å²) in [6, 6.07) is 12.1. The van der Waals surface area contributed by atoms with Crippen molar-refractivity contribution in [2.75, 3.05) is 18.4 Å². The van der Waals surface area contributed by atoms with Gasteiger partial charge in [0.05, 0.1) is 12.2 Å². The normalized spacial score (nSPS) is 14.0. The van der Waals surface area contributed by atoms with Gasteiger partial charge in [0.25, 0.3) is 5.91 Å². The van der Waals surface area contributed by atoms with Crippen molar-refractivity contribution in [1.82, 2.24) is 15.2 Å². The van der Waals surface area contributed by atoms with E-state index in [9.17, 15) is 14.4 Å². The maximum Gasteiger partial charge on any atom is 0.313 e. The molecule has 0 atom stereocenters. The molecule has 3 rings (SSSR count). The molecule has 7 heteroatoms. The SMILES string of the molecule is Cc1cccc(CNC(=O)C(=O)Nc2ccc(C(=O)N3CCCCCC3)cc2)n1. The number of nitrogens with one attached hydrogen (secondary N) is 2. The Kier molecular flexibility index (Phi) is 6.94. The molecular formula is C22H26N4O3. The number of rotatable bonds is 4. The lowest BCUT2D eigenvalue weighted by molar-refractivity contribution is -0.136. The van der Waals surface area contributed by atoms with E-state index < -0.39 is 11.8 Å². The molecule has 1 aliphatic heterocycles. The number of carbonyl (C=O) groups is 3. The average Bonchev–Trinajstić information content (AvgIpc) is 3.01. The van der Waals surface area contributed by atoms with Crippen molar-refractivity contribution in [2.24, 2.45) is 0 Å². The molecule has 1 aliphatic rings. The molecule has 0 spiro atoms. The molecule has 1 saturated heterocycles. The van der Waals surface area contributed by atoms with Crippen LogP contribution in [-0.4, -0.2) is 40.7 Å². The Bertz CT molecular complexity index is 872. The van der Waals surface area contributed by atoms with Crippen molar-refractivity contribution in [3.63, 3.8) is 0 Å². The Morgan fingerprint density at radius 3 is 2.28 bits per heavy atom. The van der Waals surface area contributed by atoms with Gasteiger partial charge in [0.15, 0.2) is 0 Å². The van der Waals surface area contributed by atoms with Gasteiger partial charge in [-0.2, -0.15) is 0 Å². The van der Waals surface area contributed by atoms with Crippen LogP contribution in [0.15, 0.2) is 42.5 Å². The molecule has 0 saturated carbocycles. The number of aryl methyl sites for hydroxylation is 1. The van der Waals surface area contributed by atoms with E-state index in [-0.39, 0.29) is 12.5 Å². The van der Waals surface area contributed by atoms with E-state index in [1.165, 1.54) is 0 Å². The van der Waals surface area contributed by atoms with Crippen LogP contribution in [0.4, 0.5) is 5.69 Å². The zero-order valence-corrected chi connectivity index (χ0v) is 16.6. The van der Waals surface area contributed by atoms with Gasteiger partial charge >= 0.3 is 11.8 Å². The van der Waals surface area contributed by atoms with Gasteiger partial charge < -0.3 is 15.5 Å². The molecule has 29 heavy (non-hydrogen) atoms. The maximum atomic E-state index is 12.6. The zero-order valence-electron chi connectivity index (χ0n) is 16.6. The van der Waals surface area contributed by atoms with Crippen molar-refractivity contribution in [2.45, 2.75) is 39.2 Å². The summed E-state index contributed by atoms with van der Waals surface area (Å²) in [5, 5.41) is 5.10. The molecule has 1 aromatic heterocycles. The van der Waals surface area contributed by atoms with Crippen LogP contribution in [-0.2, 0) is 16.1 Å². The second-order valence-electron chi connectivity index (χ2n) is 7.19. The highest BCUT2D eigenvalue weighted by atomic mass is 16.2. The average molecular weight is 394 g/mol. The molecule has 2 heterocycles. The highest BCUT2D eigenvalue weighted by Crippen LogP contribution is 2.15. The van der Waals surface area contributed by atoms with Crippen LogP contribution >= 0.6 is 0 Å². The third kappa shape index (κ3) is 5.88. The van der Waals surface area contributed by atoms with Crippen LogP contribution in [0.5, 0.6) is 0 Å². The van der Waals surface area contributed by atoms with Crippen molar-refractivity contribution in [3.05, 3.63) is 59.4 Å². The number of hydrogen-bond acceptors (Lipinski definition) is 4. The summed E-state index contributed by atoms with van der Waals surface area (Å²) in [7, 11) is 0. The van der Waals surface area contributed by atoms with Gasteiger partial charge in [-0.05, 0) is 56.2 Å². The van der Waals surface area contributed by atoms with Crippen LogP contribution in [0.1, 0.15) is 47.4 Å². The van der Waals surface area contributed by atoms with Crippen molar-refractivity contribution < 1.29 is 14.4 Å². The highest BCUT2D eigenvalue weighted by Gasteiger charge is 2.18. The van der Waals surface area contributed by atoms with Crippen molar-refractivity contribution in [3.8, 4) is 0 Å². The van der Waals surface area contributed by atoms with Gasteiger partial charge in [0.1, 0.15) is 0 Å². The van der Waals surface area contributed by atoms with Gasteiger partial charge in [-0.1, -0.05) is 18.9 Å². The number of aromatic nitrogens is 1. The van der Waals surface area contributed by atoms with Gasteiger partial charge in [-0.3, -0.25) is 19.4 Å². The minimum Gasteiger partial charge on any atom is -0.342 e. The van der Waals surface area contributed by atoms with Gasteiger partial charge in [0.2, 0.25) is 0 Å². The number of amides is 3. The number of nitrogens with zero attached hydrogens (tertiary/aromatic N) is 2. The number of benzene rings is 1. The smallest absolute Gasteiger partial charge is 0.313 e. The highest BCUT2D eigenvalue weighted by molar-refractivity contribution is 6.39. The molecule has 1 aromatic carbocycles. The fourth-order valence-corrected chi connectivity index (χ4v) is 3.29. The van der Waals surface area contributed by atoms with E-state index >= 15 is 0 Å². The molecule has 0 radical (unpaired) electrons. The first-order chi connectivity index (χ1) is 14.0. The number of hydrogen-bond donors (Lipinski definition) is 2. The fourth-order valence-electron chi connectivity index (χ4n) is 3.29. The maximum absolute atomic E-state index is 12.6. The number of carbonyl (C=O) groups excluding carboxylic acids is 3. The summed E-state index contributed by atoms with van der Waals surface area (Å²) in [6.45, 7) is 3.61. The lowest BCUT2D eigenvalue weighted by Gasteiger charge is -2.20. The third-order valence-corrected chi connectivity index (χ3v) is 4.87. The topological polar surface area (TPSA) is 91.4 Å². The molecular weight excluding hydrogens is 368 g/mol. The molecule has 0 bridgehead atoms. The van der Waals surface area contributed by atoms with Crippen molar-refractivity contribution >= 4 is 23.4 Å². The monoisotopic (exact) mass is 394 g/mol. The summed E-state index contributed by atoms with van der Waals surface area (Å²) in [5.41, 5.74) is 2.57. The molecule has 152 valence electrons. The second kappa shape index (κ2) is 9.82. The fraction of sp³-hybridized carbons (Fsp3) is 0.364. The Balaban J connectivity index is 1.52. The molecule has 1 fully saturated rings. The number of anilines is 1. The van der Waals surface area contributed by atoms with Crippen LogP contribution in [0.3, 0.4) is 0 Å². The third-order valence-electron chi connectivity index (χ3n) is 4.87. The van der Waals surface area contributed by atoms with E-state index in [0.717, 1.165) is 44.5 Å². The number of pyridine rings is 1. The molecule has 2 N–H and O–H groups in total. The Morgan fingerprint density at radius 2 is 1.62 bits per heavy atom. The molecule has 3 amide bonds. The molecule has 7 nitrogen and oxygen atoms in total. The van der Waals surface area contributed by atoms with Crippen LogP contribution in [0, 0.1) is 6.92 Å². The summed E-state index contributed by atoms with van der Waals surface area (Å²) in [6.07, 6.45) is 4.40. The first-order valence-electron chi connectivity index (χ1n) is 9.94. The van der Waals surface area contributed by atoms with E-state index in [0.29, 0.717) is 16.9 Å². The predicted octanol–water partition coefficient (Wildman–Crippen LogP) is 2.66. The van der Waals surface area contributed by atoms with Crippen molar-refractivity contribution in [1.29, 1.82) is 0 Å². The van der Waals surface area contributed by atoms with E-state index in [2.05, 4.69) is 15.6 Å². The summed E-state index contributed by atoms with van der Waals surface area (Å²) < 4.78 is 0. The van der Waals surface area contributed by atoms with Gasteiger partial charge in [0, 0.05) is 30.0 Å². The Hall–Kier alpha value is -3.22. The Morgan fingerprint density at radius 1 is 0.931 bits per heavy atom. The first-order valence-corrected chi connectivity index (χ1v) is 9.94. The first kappa shape index (κ1) is 20.5. The lowest BCUT2D eigenvalue weighted by Crippen LogP contribution is -2.35. The standard InChI is InChI=1S/C22H26N4O3/c1-16-7-6-8-19(24-16)15-23-20(27)21(28)25-18-11-9-17(10-12-18)22(29)26-13-4-2-3-5-14-26/h6-12H,2-5,13-15H2,1H3,(H,23,27)(H,25,28). The largest absolute Gasteiger partial charge is 0.342 e. The van der Waals surface area contributed by atoms with Crippen LogP contribution in [0.2, 0.25) is 0 Å². The minimum atomic E-state index is -0.760. The zero-order chi connectivity index (χ0) is 20.6. The Labute approximate surface area is 170 Å². The van der Waals surface area contributed by atoms with Gasteiger partial charge in [-0.15, -0.1) is 0 Å². The quantitative estimate of drug-likeness (QED) is 0.780. The minimum absolute atomic E-state index is 0.00757.